The number of anilines is 1. The van der Waals surface area contributed by atoms with E-state index >= 15 is 0 Å². The van der Waals surface area contributed by atoms with Crippen LogP contribution in [0.4, 0.5) is 18.9 Å². The number of nitrogens with one attached hydrogen (secondary N) is 1. The number of nitriles is 1. The lowest BCUT2D eigenvalue weighted by Crippen LogP contribution is -2.22. The van der Waals surface area contributed by atoms with E-state index in [9.17, 15) is 18.0 Å². The molecule has 1 aromatic carbocycles. The number of aliphatic hydroxyl groups excluding tert-OH is 1. The highest BCUT2D eigenvalue weighted by Gasteiger charge is 2.30. The molecular formula is C12H9F3N2O2. The molecule has 0 fully saturated rings. The normalized spacial score (nSPS) is 12.3. The smallest absolute Gasteiger partial charge is 0.416 e. The Hall–Kier alpha value is -2.49. The molecule has 0 aromatic heterocycles. The first kappa shape index (κ1) is 14.6. The lowest BCUT2D eigenvalue weighted by atomic mass is 10.1. The summed E-state index contributed by atoms with van der Waals surface area (Å²) >= 11 is 0. The summed E-state index contributed by atoms with van der Waals surface area (Å²) in [7, 11) is 0. The fourth-order valence-corrected chi connectivity index (χ4v) is 1.24. The van der Waals surface area contributed by atoms with Crippen molar-refractivity contribution in [2.45, 2.75) is 6.18 Å². The number of carbonyl (C=O) groups excluding carboxylic acids is 1. The number of benzene rings is 1. The van der Waals surface area contributed by atoms with Crippen molar-refractivity contribution in [3.8, 4) is 6.07 Å². The molecule has 0 radical (unpaired) electrons. The molecular weight excluding hydrogens is 261 g/mol. The molecule has 1 rings (SSSR count). The third-order valence-corrected chi connectivity index (χ3v) is 2.20. The van der Waals surface area contributed by atoms with Crippen molar-refractivity contribution in [3.05, 3.63) is 42.2 Å². The zero-order valence-electron chi connectivity index (χ0n) is 9.53. The van der Waals surface area contributed by atoms with Crippen LogP contribution in [0.15, 0.2) is 36.6 Å². The summed E-state index contributed by atoms with van der Waals surface area (Å²) < 4.78 is 36.9. The largest absolute Gasteiger partial charge is 0.511 e. The first-order chi connectivity index (χ1) is 8.75. The van der Waals surface area contributed by atoms with E-state index in [-0.39, 0.29) is 5.69 Å². The zero-order chi connectivity index (χ0) is 14.6. The topological polar surface area (TPSA) is 73.1 Å². The summed E-state index contributed by atoms with van der Waals surface area (Å²) in [5.41, 5.74) is -0.770. The van der Waals surface area contributed by atoms with Gasteiger partial charge in [-0.2, -0.15) is 18.4 Å². The van der Waals surface area contributed by atoms with Crippen LogP contribution in [0.25, 0.3) is 0 Å². The Balaban J connectivity index is 2.82. The average molecular weight is 270 g/mol. The summed E-state index contributed by atoms with van der Waals surface area (Å²) in [4.78, 5) is 11.5. The first-order valence-corrected chi connectivity index (χ1v) is 5.01. The van der Waals surface area contributed by atoms with E-state index in [0.717, 1.165) is 24.3 Å². The molecule has 0 heterocycles. The van der Waals surface area contributed by atoms with E-state index < -0.39 is 29.3 Å². The van der Waals surface area contributed by atoms with Gasteiger partial charge in [-0.15, -0.1) is 0 Å². The zero-order valence-corrected chi connectivity index (χ0v) is 9.53. The minimum absolute atomic E-state index is 0.0829. The van der Waals surface area contributed by atoms with E-state index in [1.165, 1.54) is 6.07 Å². The number of alkyl halides is 3. The second-order valence-corrected chi connectivity index (χ2v) is 3.62. The maximum absolute atomic E-state index is 12.3. The fourth-order valence-electron chi connectivity index (χ4n) is 1.24. The van der Waals surface area contributed by atoms with E-state index in [1.54, 1.807) is 0 Å². The number of hydrogen-bond acceptors (Lipinski definition) is 3. The quantitative estimate of drug-likeness (QED) is 0.829. The number of halogens is 3. The summed E-state index contributed by atoms with van der Waals surface area (Å²) in [6.45, 7) is 3.06. The third kappa shape index (κ3) is 3.74. The van der Waals surface area contributed by atoms with Crippen LogP contribution in [-0.2, 0) is 11.0 Å². The first-order valence-electron chi connectivity index (χ1n) is 5.01. The van der Waals surface area contributed by atoms with Crippen molar-refractivity contribution >= 4 is 11.6 Å². The van der Waals surface area contributed by atoms with Crippen molar-refractivity contribution in [3.63, 3.8) is 0 Å². The molecule has 0 aliphatic rings. The number of rotatable bonds is 3. The van der Waals surface area contributed by atoms with Crippen LogP contribution in [0.3, 0.4) is 0 Å². The molecule has 1 unspecified atom stereocenters. The van der Waals surface area contributed by atoms with Gasteiger partial charge < -0.3 is 10.4 Å². The van der Waals surface area contributed by atoms with Crippen LogP contribution in [0, 0.1) is 17.2 Å². The van der Waals surface area contributed by atoms with E-state index in [1.807, 2.05) is 0 Å². The van der Waals surface area contributed by atoms with Crippen molar-refractivity contribution in [1.29, 1.82) is 5.26 Å². The van der Waals surface area contributed by atoms with Gasteiger partial charge in [-0.1, -0.05) is 6.58 Å². The Kier molecular flexibility index (Phi) is 4.17. The highest BCUT2D eigenvalue weighted by Crippen LogP contribution is 2.29. The Morgan fingerprint density at radius 1 is 1.37 bits per heavy atom. The van der Waals surface area contributed by atoms with Gasteiger partial charge in [0, 0.05) is 5.69 Å². The molecule has 2 N–H and O–H groups in total. The predicted molar refractivity (Wildman–Crippen MR) is 60.9 cm³/mol. The Bertz CT molecular complexity index is 529. The second kappa shape index (κ2) is 5.44. The molecule has 4 nitrogen and oxygen atoms in total. The molecule has 1 aromatic rings. The van der Waals surface area contributed by atoms with Gasteiger partial charge in [-0.3, -0.25) is 4.79 Å². The Morgan fingerprint density at radius 2 is 1.89 bits per heavy atom. The number of hydrogen-bond donors (Lipinski definition) is 2. The van der Waals surface area contributed by atoms with Gasteiger partial charge in [0.1, 0.15) is 5.76 Å². The maximum atomic E-state index is 12.3. The summed E-state index contributed by atoms with van der Waals surface area (Å²) in [5.74, 6) is -2.97. The molecule has 0 bridgehead atoms. The summed E-state index contributed by atoms with van der Waals surface area (Å²) in [5, 5.41) is 19.8. The van der Waals surface area contributed by atoms with Gasteiger partial charge in [0.25, 0.3) is 0 Å². The monoisotopic (exact) mass is 270 g/mol. The van der Waals surface area contributed by atoms with Crippen LogP contribution in [0.5, 0.6) is 0 Å². The summed E-state index contributed by atoms with van der Waals surface area (Å²) in [6, 6.07) is 5.21. The number of carbonyl (C=O) groups is 1. The lowest BCUT2D eigenvalue weighted by Gasteiger charge is -2.10. The molecule has 7 heteroatoms. The molecule has 0 aliphatic heterocycles. The second-order valence-electron chi connectivity index (χ2n) is 3.62. The SMILES string of the molecule is C=C(O)C(C#N)C(=O)Nc1ccc(C(F)(F)F)cc1. The molecule has 100 valence electrons. The van der Waals surface area contributed by atoms with Gasteiger partial charge in [0.2, 0.25) is 5.91 Å². The third-order valence-electron chi connectivity index (χ3n) is 2.20. The van der Waals surface area contributed by atoms with Crippen LogP contribution >= 0.6 is 0 Å². The highest BCUT2D eigenvalue weighted by atomic mass is 19.4. The number of amides is 1. The van der Waals surface area contributed by atoms with Gasteiger partial charge >= 0.3 is 6.18 Å². The molecule has 0 spiro atoms. The Morgan fingerprint density at radius 3 is 2.26 bits per heavy atom. The minimum atomic E-state index is -4.46. The molecule has 0 aliphatic carbocycles. The molecule has 0 saturated heterocycles. The van der Waals surface area contributed by atoms with Crippen LogP contribution in [-0.4, -0.2) is 11.0 Å². The van der Waals surface area contributed by atoms with Crippen LogP contribution < -0.4 is 5.32 Å². The molecule has 1 amide bonds. The highest BCUT2D eigenvalue weighted by molar-refractivity contribution is 5.95. The predicted octanol–water partition coefficient (Wildman–Crippen LogP) is 2.86. The van der Waals surface area contributed by atoms with Crippen LogP contribution in [0.1, 0.15) is 5.56 Å². The van der Waals surface area contributed by atoms with Gasteiger partial charge in [-0.25, -0.2) is 0 Å². The van der Waals surface area contributed by atoms with Gasteiger partial charge in [-0.05, 0) is 24.3 Å². The van der Waals surface area contributed by atoms with Gasteiger partial charge in [0.15, 0.2) is 5.92 Å². The number of aliphatic hydroxyl groups is 1. The minimum Gasteiger partial charge on any atom is -0.511 e. The Labute approximate surface area is 106 Å². The number of nitrogens with zero attached hydrogens (tertiary/aromatic N) is 1. The molecule has 0 saturated carbocycles. The lowest BCUT2D eigenvalue weighted by molar-refractivity contribution is -0.137. The van der Waals surface area contributed by atoms with E-state index in [2.05, 4.69) is 11.9 Å². The standard InChI is InChI=1S/C12H9F3N2O2/c1-7(18)10(6-16)11(19)17-9-4-2-8(3-5-9)12(13,14)15/h2-5,10,18H,1H2,(H,17,19). The average Bonchev–Trinajstić information content (AvgIpc) is 2.28. The van der Waals surface area contributed by atoms with Gasteiger partial charge in [0.05, 0.1) is 11.6 Å². The van der Waals surface area contributed by atoms with Crippen molar-refractivity contribution in [1.82, 2.24) is 0 Å². The molecule has 1 atom stereocenters. The van der Waals surface area contributed by atoms with Crippen LogP contribution in [0.2, 0.25) is 0 Å². The van der Waals surface area contributed by atoms with Crippen molar-refractivity contribution in [2.75, 3.05) is 5.32 Å². The van der Waals surface area contributed by atoms with E-state index in [4.69, 9.17) is 10.4 Å². The van der Waals surface area contributed by atoms with Crippen molar-refractivity contribution in [2.24, 2.45) is 5.92 Å². The summed E-state index contributed by atoms with van der Waals surface area (Å²) in [6.07, 6.45) is -4.46. The fraction of sp³-hybridized carbons (Fsp3) is 0.167. The maximum Gasteiger partial charge on any atom is 0.416 e. The molecule has 19 heavy (non-hydrogen) atoms. The van der Waals surface area contributed by atoms with E-state index in [0.29, 0.717) is 0 Å². The van der Waals surface area contributed by atoms with Crippen molar-refractivity contribution < 1.29 is 23.1 Å².